The number of aromatic hydroxyl groups is 2. The largest absolute Gasteiger partial charge is 2.00 e. The minimum absolute atomic E-state index is 0. The molecule has 0 aliphatic carbocycles. The maximum absolute atomic E-state index is 8.63. The Labute approximate surface area is 197 Å². The van der Waals surface area contributed by atoms with Crippen LogP contribution in [0.3, 0.4) is 0 Å². The van der Waals surface area contributed by atoms with Gasteiger partial charge in [-0.05, 0) is 24.3 Å². The van der Waals surface area contributed by atoms with E-state index in [0.29, 0.717) is 11.5 Å². The second-order valence-corrected chi connectivity index (χ2v) is 3.83. The van der Waals surface area contributed by atoms with Crippen molar-refractivity contribution in [3.63, 3.8) is 0 Å². The van der Waals surface area contributed by atoms with Crippen molar-refractivity contribution in [3.8, 4) is 11.5 Å². The number of benzene rings is 3. The van der Waals surface area contributed by atoms with Crippen molar-refractivity contribution in [3.05, 3.63) is 97.1 Å². The van der Waals surface area contributed by atoms with Gasteiger partial charge in [0.1, 0.15) is 11.5 Å². The van der Waals surface area contributed by atoms with Crippen LogP contribution in [0.15, 0.2) is 97.1 Å². The normalized spacial score (nSPS) is 7.64. The van der Waals surface area contributed by atoms with Crippen molar-refractivity contribution in [2.45, 2.75) is 0 Å². The van der Waals surface area contributed by atoms with E-state index < -0.39 is 0 Å². The summed E-state index contributed by atoms with van der Waals surface area (Å²) in [5.41, 5.74) is 0. The van der Waals surface area contributed by atoms with Crippen molar-refractivity contribution in [2.24, 2.45) is 0 Å². The van der Waals surface area contributed by atoms with Crippen LogP contribution in [-0.2, 0) is 0 Å². The van der Waals surface area contributed by atoms with E-state index in [0.717, 1.165) is 0 Å². The monoisotopic (exact) mass is 350 g/mol. The third-order valence-electron chi connectivity index (χ3n) is 2.18. The van der Waals surface area contributed by atoms with E-state index >= 15 is 0 Å². The molecule has 0 bridgehead atoms. The molecule has 0 saturated heterocycles. The molecule has 0 atom stereocenters. The van der Waals surface area contributed by atoms with Gasteiger partial charge < -0.3 is 15.9 Å². The molecule has 2 nitrogen and oxygen atoms in total. The smallest absolute Gasteiger partial charge is 1.00 e. The van der Waals surface area contributed by atoms with Gasteiger partial charge in [-0.15, -0.1) is 0 Å². The molecule has 3 aromatic rings. The van der Waals surface area contributed by atoms with E-state index in [4.69, 9.17) is 10.2 Å². The van der Waals surface area contributed by atoms with Crippen molar-refractivity contribution in [2.75, 3.05) is 0 Å². The SMILES string of the molecule is Oc1ccccc1.Oc1ccccc1.[Ca+2].[Ca+2].[H-].[H-].[H-].[H-].c1ccccc1. The summed E-state index contributed by atoms with van der Waals surface area (Å²) in [7, 11) is 0. The van der Waals surface area contributed by atoms with Crippen molar-refractivity contribution in [1.29, 1.82) is 0 Å². The van der Waals surface area contributed by atoms with Gasteiger partial charge in [0.15, 0.2) is 0 Å². The van der Waals surface area contributed by atoms with E-state index in [1.807, 2.05) is 48.5 Å². The zero-order valence-electron chi connectivity index (χ0n) is 16.5. The molecule has 0 aliphatic rings. The van der Waals surface area contributed by atoms with E-state index in [-0.39, 0.29) is 81.2 Å². The van der Waals surface area contributed by atoms with Gasteiger partial charge in [0.25, 0.3) is 0 Å². The number of para-hydroxylation sites is 2. The summed E-state index contributed by atoms with van der Waals surface area (Å²) >= 11 is 0. The molecule has 110 valence electrons. The third kappa shape index (κ3) is 14.7. The average molecular weight is 351 g/mol. The molecule has 0 amide bonds. The predicted molar refractivity (Wildman–Crippen MR) is 98.6 cm³/mol. The van der Waals surface area contributed by atoms with Crippen LogP contribution in [0.1, 0.15) is 5.71 Å². The summed E-state index contributed by atoms with van der Waals surface area (Å²) in [6.45, 7) is 0. The maximum Gasteiger partial charge on any atom is 2.00 e. The third-order valence-corrected chi connectivity index (χ3v) is 2.18. The molecule has 2 N–H and O–H groups in total. The Kier molecular flexibility index (Phi) is 18.7. The number of phenols is 2. The second-order valence-electron chi connectivity index (χ2n) is 3.83. The molecule has 0 radical (unpaired) electrons. The van der Waals surface area contributed by atoms with Crippen LogP contribution < -0.4 is 0 Å². The fourth-order valence-corrected chi connectivity index (χ4v) is 1.24. The Balaban J connectivity index is -0.0000000518. The van der Waals surface area contributed by atoms with Gasteiger partial charge in [-0.2, -0.15) is 0 Å². The molecule has 0 heterocycles. The second kappa shape index (κ2) is 17.1. The van der Waals surface area contributed by atoms with Crippen LogP contribution in [0, 0.1) is 0 Å². The van der Waals surface area contributed by atoms with E-state index in [1.54, 1.807) is 48.5 Å². The standard InChI is InChI=1S/2C6H6O.C6H6.2Ca.4H/c2*7-6-4-2-1-3-5-6;1-2-4-6-5-3-1;;;;;;/h2*1-5,7H;1-6H;;;;;;/q;;;2*+2;4*-1. The Morgan fingerprint density at radius 3 is 0.727 bits per heavy atom. The first-order valence-corrected chi connectivity index (χ1v) is 6.27. The van der Waals surface area contributed by atoms with Crippen molar-refractivity contribution in [1.82, 2.24) is 0 Å². The molecule has 0 fully saturated rings. The molecule has 0 spiro atoms. The Hall–Kier alpha value is -0.221. The van der Waals surface area contributed by atoms with Crippen LogP contribution in [0.4, 0.5) is 0 Å². The zero-order chi connectivity index (χ0) is 14.5. The molecule has 0 unspecified atom stereocenters. The zero-order valence-corrected chi connectivity index (χ0v) is 17.0. The van der Waals surface area contributed by atoms with Gasteiger partial charge in [-0.1, -0.05) is 72.8 Å². The Morgan fingerprint density at radius 1 is 0.409 bits per heavy atom. The van der Waals surface area contributed by atoms with Gasteiger partial charge in [0.2, 0.25) is 0 Å². The predicted octanol–water partition coefficient (Wildman–Crippen LogP) is 4.16. The Morgan fingerprint density at radius 2 is 0.591 bits per heavy atom. The summed E-state index contributed by atoms with van der Waals surface area (Å²) in [5.74, 6) is 0.644. The van der Waals surface area contributed by atoms with Crippen LogP contribution in [-0.4, -0.2) is 85.7 Å². The van der Waals surface area contributed by atoms with E-state index in [9.17, 15) is 0 Å². The first-order valence-electron chi connectivity index (χ1n) is 6.27. The first-order chi connectivity index (χ1) is 9.79. The Bertz CT molecular complexity index is 498. The molecule has 0 aromatic heterocycles. The first kappa shape index (κ1) is 24.0. The van der Waals surface area contributed by atoms with E-state index in [1.165, 1.54) is 0 Å². The molecule has 0 aliphatic heterocycles. The minimum Gasteiger partial charge on any atom is -1.00 e. The fourth-order valence-electron chi connectivity index (χ4n) is 1.24. The molecule has 3 aromatic carbocycles. The van der Waals surface area contributed by atoms with Gasteiger partial charge in [0.05, 0.1) is 0 Å². The number of rotatable bonds is 0. The van der Waals surface area contributed by atoms with Gasteiger partial charge in [-0.3, -0.25) is 0 Å². The van der Waals surface area contributed by atoms with Crippen molar-refractivity contribution < 1.29 is 15.9 Å². The summed E-state index contributed by atoms with van der Waals surface area (Å²) < 4.78 is 0. The molecule has 22 heavy (non-hydrogen) atoms. The summed E-state index contributed by atoms with van der Waals surface area (Å²) in [6.07, 6.45) is 0. The van der Waals surface area contributed by atoms with Crippen LogP contribution in [0.2, 0.25) is 0 Å². The van der Waals surface area contributed by atoms with Gasteiger partial charge >= 0.3 is 75.5 Å². The van der Waals surface area contributed by atoms with Crippen LogP contribution in [0.5, 0.6) is 11.5 Å². The topological polar surface area (TPSA) is 40.5 Å². The maximum atomic E-state index is 8.63. The number of hydrogen-bond acceptors (Lipinski definition) is 2. The van der Waals surface area contributed by atoms with Crippen LogP contribution in [0.25, 0.3) is 0 Å². The number of hydrogen-bond donors (Lipinski definition) is 2. The van der Waals surface area contributed by atoms with Gasteiger partial charge in [-0.25, -0.2) is 0 Å². The molecule has 0 saturated carbocycles. The molecule has 3 rings (SSSR count). The summed E-state index contributed by atoms with van der Waals surface area (Å²) in [5, 5.41) is 17.3. The van der Waals surface area contributed by atoms with Crippen molar-refractivity contribution >= 4 is 75.5 Å². The van der Waals surface area contributed by atoms with Gasteiger partial charge in [0, 0.05) is 0 Å². The average Bonchev–Trinajstić information content (AvgIpc) is 2.52. The summed E-state index contributed by atoms with van der Waals surface area (Å²) in [6, 6.07) is 29.4. The summed E-state index contributed by atoms with van der Waals surface area (Å²) in [4.78, 5) is 0. The van der Waals surface area contributed by atoms with E-state index in [2.05, 4.69) is 0 Å². The van der Waals surface area contributed by atoms with Crippen LogP contribution >= 0.6 is 0 Å². The molecular weight excluding hydrogens is 328 g/mol. The number of phenolic OH excluding ortho intramolecular Hbond substituents is 2. The quantitative estimate of drug-likeness (QED) is 0.598. The molecular formula is C18H22Ca2O2. The fraction of sp³-hybridized carbons (Fsp3) is 0. The molecule has 4 heteroatoms. The minimum atomic E-state index is 0.